The van der Waals surface area contributed by atoms with E-state index in [2.05, 4.69) is 28.2 Å². The molecule has 1 unspecified atom stereocenters. The van der Waals surface area contributed by atoms with Crippen molar-refractivity contribution in [1.29, 1.82) is 0 Å². The number of benzene rings is 1. The maximum atomic E-state index is 11.5. The van der Waals surface area contributed by atoms with Gasteiger partial charge in [-0.2, -0.15) is 0 Å². The second kappa shape index (κ2) is 8.30. The zero-order valence-corrected chi connectivity index (χ0v) is 13.9. The van der Waals surface area contributed by atoms with Gasteiger partial charge in [0.15, 0.2) is 0 Å². The number of halogens is 1. The largest absolute Gasteiger partial charge is 0.480 e. The van der Waals surface area contributed by atoms with E-state index in [-0.39, 0.29) is 0 Å². The molecule has 0 radical (unpaired) electrons. The lowest BCUT2D eigenvalue weighted by Crippen LogP contribution is -2.43. The molecule has 1 atom stereocenters. The molecule has 2 N–H and O–H groups in total. The van der Waals surface area contributed by atoms with E-state index in [1.807, 2.05) is 24.3 Å². The number of hydrogen-bond acceptors (Lipinski definition) is 2. The van der Waals surface area contributed by atoms with Crippen molar-refractivity contribution in [3.8, 4) is 0 Å². The number of carbonyl (C=O) groups is 1. The highest BCUT2D eigenvalue weighted by Gasteiger charge is 2.32. The van der Waals surface area contributed by atoms with Gasteiger partial charge in [0, 0.05) is 10.2 Å². The number of hydrogen-bond donors (Lipinski definition) is 2. The number of nitrogens with one attached hydrogen (secondary N) is 1. The van der Waals surface area contributed by atoms with Gasteiger partial charge in [0.05, 0.1) is 0 Å². The van der Waals surface area contributed by atoms with Crippen LogP contribution in [0.2, 0.25) is 0 Å². The van der Waals surface area contributed by atoms with E-state index in [1.54, 1.807) is 6.92 Å². The molecule has 0 amide bonds. The third kappa shape index (κ3) is 5.53. The summed E-state index contributed by atoms with van der Waals surface area (Å²) in [7, 11) is 0. The minimum Gasteiger partial charge on any atom is -0.480 e. The van der Waals surface area contributed by atoms with E-state index in [0.29, 0.717) is 6.42 Å². The molecule has 0 saturated carbocycles. The molecule has 3 nitrogen and oxygen atoms in total. The van der Waals surface area contributed by atoms with Gasteiger partial charge in [0.1, 0.15) is 5.54 Å². The molecule has 20 heavy (non-hydrogen) atoms. The molecule has 0 aromatic heterocycles. The van der Waals surface area contributed by atoms with Crippen LogP contribution in [0.15, 0.2) is 28.7 Å². The summed E-state index contributed by atoms with van der Waals surface area (Å²) in [6, 6.07) is 7.60. The molecule has 0 aliphatic heterocycles. The summed E-state index contributed by atoms with van der Waals surface area (Å²) in [5.41, 5.74) is -0.0632. The Bertz CT molecular complexity index is 419. The van der Waals surface area contributed by atoms with Gasteiger partial charge in [0.25, 0.3) is 0 Å². The molecule has 0 bridgehead atoms. The molecule has 0 aliphatic carbocycles. The monoisotopic (exact) mass is 341 g/mol. The third-order valence-electron chi connectivity index (χ3n) is 3.52. The number of unbranched alkanes of at least 4 members (excludes halogenated alkanes) is 4. The van der Waals surface area contributed by atoms with Gasteiger partial charge >= 0.3 is 5.97 Å². The van der Waals surface area contributed by atoms with Crippen molar-refractivity contribution < 1.29 is 9.90 Å². The first-order valence-electron chi connectivity index (χ1n) is 7.25. The zero-order valence-electron chi connectivity index (χ0n) is 12.3. The van der Waals surface area contributed by atoms with Crippen LogP contribution in [0, 0.1) is 0 Å². The Hall–Kier alpha value is -1.03. The average Bonchev–Trinajstić information content (AvgIpc) is 2.41. The lowest BCUT2D eigenvalue weighted by Gasteiger charge is -2.27. The second-order valence-corrected chi connectivity index (χ2v) is 6.35. The zero-order chi connectivity index (χ0) is 15.0. The average molecular weight is 342 g/mol. The molecule has 0 spiro atoms. The van der Waals surface area contributed by atoms with Crippen LogP contribution >= 0.6 is 15.9 Å². The lowest BCUT2D eigenvalue weighted by atomic mass is 9.93. The summed E-state index contributed by atoms with van der Waals surface area (Å²) < 4.78 is 0.986. The predicted octanol–water partition coefficient (Wildman–Crippen LogP) is 5.06. The van der Waals surface area contributed by atoms with Crippen LogP contribution in [-0.2, 0) is 4.79 Å². The van der Waals surface area contributed by atoms with Crippen LogP contribution in [0.4, 0.5) is 5.69 Å². The van der Waals surface area contributed by atoms with E-state index < -0.39 is 11.5 Å². The topological polar surface area (TPSA) is 49.3 Å². The van der Waals surface area contributed by atoms with Crippen LogP contribution in [0.25, 0.3) is 0 Å². The van der Waals surface area contributed by atoms with Crippen LogP contribution in [0.3, 0.4) is 0 Å². The van der Waals surface area contributed by atoms with Gasteiger partial charge in [-0.1, -0.05) is 55.0 Å². The number of rotatable bonds is 9. The first kappa shape index (κ1) is 17.0. The summed E-state index contributed by atoms with van der Waals surface area (Å²) in [5, 5.41) is 12.6. The summed E-state index contributed by atoms with van der Waals surface area (Å²) in [4.78, 5) is 11.5. The van der Waals surface area contributed by atoms with Crippen molar-refractivity contribution in [2.24, 2.45) is 0 Å². The smallest absolute Gasteiger partial charge is 0.329 e. The normalized spacial score (nSPS) is 13.8. The van der Waals surface area contributed by atoms with Crippen molar-refractivity contribution in [1.82, 2.24) is 0 Å². The quantitative estimate of drug-likeness (QED) is 0.616. The summed E-state index contributed by atoms with van der Waals surface area (Å²) >= 11 is 3.38. The molecule has 0 aliphatic rings. The number of carboxylic acid groups (broad SMARTS) is 1. The molecule has 4 heteroatoms. The second-order valence-electron chi connectivity index (χ2n) is 5.43. The highest BCUT2D eigenvalue weighted by atomic mass is 79.9. The number of anilines is 1. The van der Waals surface area contributed by atoms with Crippen molar-refractivity contribution in [2.45, 2.75) is 57.9 Å². The van der Waals surface area contributed by atoms with Crippen molar-refractivity contribution in [3.05, 3.63) is 28.7 Å². The molecule has 1 rings (SSSR count). The fourth-order valence-electron chi connectivity index (χ4n) is 2.16. The summed E-state index contributed by atoms with van der Waals surface area (Å²) in [6.07, 6.45) is 6.29. The highest BCUT2D eigenvalue weighted by Crippen LogP contribution is 2.23. The van der Waals surface area contributed by atoms with Crippen molar-refractivity contribution in [3.63, 3.8) is 0 Å². The van der Waals surface area contributed by atoms with Gasteiger partial charge in [-0.25, -0.2) is 4.79 Å². The van der Waals surface area contributed by atoms with E-state index in [0.717, 1.165) is 23.0 Å². The Kier molecular flexibility index (Phi) is 7.06. The summed E-state index contributed by atoms with van der Waals surface area (Å²) in [5.74, 6) is -0.795. The van der Waals surface area contributed by atoms with Crippen molar-refractivity contribution >= 4 is 27.6 Å². The maximum Gasteiger partial charge on any atom is 0.329 e. The fourth-order valence-corrected chi connectivity index (χ4v) is 2.42. The van der Waals surface area contributed by atoms with E-state index in [9.17, 15) is 9.90 Å². The molecule has 1 aromatic carbocycles. The SMILES string of the molecule is CCCCCCCC(C)(Nc1ccc(Br)cc1)C(=O)O. The van der Waals surface area contributed by atoms with Gasteiger partial charge in [0.2, 0.25) is 0 Å². The van der Waals surface area contributed by atoms with Gasteiger partial charge in [-0.05, 0) is 37.6 Å². The Balaban J connectivity index is 2.57. The molecular formula is C16H24BrNO2. The van der Waals surface area contributed by atoms with Crippen molar-refractivity contribution in [2.75, 3.05) is 5.32 Å². The fraction of sp³-hybridized carbons (Fsp3) is 0.562. The van der Waals surface area contributed by atoms with Crippen LogP contribution in [0.5, 0.6) is 0 Å². The predicted molar refractivity (Wildman–Crippen MR) is 87.2 cm³/mol. The lowest BCUT2D eigenvalue weighted by molar-refractivity contribution is -0.142. The minimum absolute atomic E-state index is 0.641. The molecule has 0 heterocycles. The number of aliphatic carboxylic acids is 1. The van der Waals surface area contributed by atoms with E-state index in [4.69, 9.17) is 0 Å². The van der Waals surface area contributed by atoms with E-state index in [1.165, 1.54) is 19.3 Å². The van der Waals surface area contributed by atoms with Gasteiger partial charge in [-0.3, -0.25) is 0 Å². The van der Waals surface area contributed by atoms with Gasteiger partial charge in [-0.15, -0.1) is 0 Å². The third-order valence-corrected chi connectivity index (χ3v) is 4.05. The molecule has 1 aromatic rings. The Labute approximate surface area is 129 Å². The first-order chi connectivity index (χ1) is 9.48. The van der Waals surface area contributed by atoms with Crippen LogP contribution in [-0.4, -0.2) is 16.6 Å². The highest BCUT2D eigenvalue weighted by molar-refractivity contribution is 9.10. The van der Waals surface area contributed by atoms with Crippen LogP contribution in [0.1, 0.15) is 52.4 Å². The minimum atomic E-state index is -0.903. The Morgan fingerprint density at radius 3 is 2.35 bits per heavy atom. The molecule has 112 valence electrons. The summed E-state index contributed by atoms with van der Waals surface area (Å²) in [6.45, 7) is 3.94. The standard InChI is InChI=1S/C16H24BrNO2/c1-3-4-5-6-7-12-16(2,15(19)20)18-14-10-8-13(17)9-11-14/h8-11,18H,3-7,12H2,1-2H3,(H,19,20). The molecular weight excluding hydrogens is 318 g/mol. The molecule has 0 saturated heterocycles. The van der Waals surface area contributed by atoms with E-state index >= 15 is 0 Å². The van der Waals surface area contributed by atoms with Gasteiger partial charge < -0.3 is 10.4 Å². The Morgan fingerprint density at radius 1 is 1.20 bits per heavy atom. The molecule has 0 fully saturated rings. The number of carboxylic acids is 1. The Morgan fingerprint density at radius 2 is 1.80 bits per heavy atom. The van der Waals surface area contributed by atoms with Crippen LogP contribution < -0.4 is 5.32 Å². The maximum absolute atomic E-state index is 11.5. The first-order valence-corrected chi connectivity index (χ1v) is 8.04.